The monoisotopic (exact) mass is 289 g/mol. The lowest BCUT2D eigenvalue weighted by Gasteiger charge is -2.13. The molecule has 0 aliphatic carbocycles. The zero-order chi connectivity index (χ0) is 15.4. The molecular weight excluding hydrogens is 270 g/mol. The molecule has 0 bridgehead atoms. The van der Waals surface area contributed by atoms with Crippen LogP contribution in [0.15, 0.2) is 24.3 Å². The van der Waals surface area contributed by atoms with E-state index in [0.29, 0.717) is 5.56 Å². The van der Waals surface area contributed by atoms with Gasteiger partial charge in [-0.3, -0.25) is 14.5 Å². The summed E-state index contributed by atoms with van der Waals surface area (Å²) in [5.74, 6) is -0.357. The predicted octanol–water partition coefficient (Wildman–Crippen LogP) is 1.27. The van der Waals surface area contributed by atoms with E-state index in [9.17, 15) is 14.4 Å². The molecule has 21 heavy (non-hydrogen) atoms. The first-order valence-corrected chi connectivity index (χ1v) is 6.99. The Balaban J connectivity index is 2.00. The van der Waals surface area contributed by atoms with Gasteiger partial charge in [0.15, 0.2) is 0 Å². The van der Waals surface area contributed by atoms with Gasteiger partial charge in [0, 0.05) is 11.6 Å². The molecule has 1 fully saturated rings. The van der Waals surface area contributed by atoms with Crippen molar-refractivity contribution in [2.75, 3.05) is 6.54 Å². The van der Waals surface area contributed by atoms with Crippen LogP contribution in [-0.4, -0.2) is 35.3 Å². The molecule has 112 valence electrons. The van der Waals surface area contributed by atoms with Crippen LogP contribution in [0.3, 0.4) is 0 Å². The van der Waals surface area contributed by atoms with Crippen LogP contribution in [-0.2, 0) is 11.3 Å². The average Bonchev–Trinajstić information content (AvgIpc) is 2.79. The van der Waals surface area contributed by atoms with E-state index in [0.717, 1.165) is 16.9 Å². The number of benzene rings is 1. The summed E-state index contributed by atoms with van der Waals surface area (Å²) in [6.07, 6.45) is 0.871. The molecule has 1 aromatic rings. The number of amides is 4. The lowest BCUT2D eigenvalue weighted by atomic mass is 10.1. The van der Waals surface area contributed by atoms with Gasteiger partial charge in [-0.25, -0.2) is 4.79 Å². The highest BCUT2D eigenvalue weighted by molar-refractivity contribution is 6.01. The van der Waals surface area contributed by atoms with Gasteiger partial charge in [0.1, 0.15) is 0 Å². The number of rotatable bonds is 5. The van der Waals surface area contributed by atoms with Crippen molar-refractivity contribution < 1.29 is 14.4 Å². The predicted molar refractivity (Wildman–Crippen MR) is 77.6 cm³/mol. The van der Waals surface area contributed by atoms with E-state index >= 15 is 0 Å². The highest BCUT2D eigenvalue weighted by Crippen LogP contribution is 2.10. The summed E-state index contributed by atoms with van der Waals surface area (Å²) in [7, 11) is 0. The van der Waals surface area contributed by atoms with Gasteiger partial charge in [-0.2, -0.15) is 0 Å². The van der Waals surface area contributed by atoms with E-state index in [1.165, 1.54) is 0 Å². The lowest BCUT2D eigenvalue weighted by Crippen LogP contribution is -2.32. The van der Waals surface area contributed by atoms with Gasteiger partial charge in [0.25, 0.3) is 5.91 Å². The normalized spacial score (nSPS) is 15.8. The van der Waals surface area contributed by atoms with Crippen molar-refractivity contribution in [3.05, 3.63) is 35.4 Å². The van der Waals surface area contributed by atoms with E-state index in [1.807, 2.05) is 13.8 Å². The second kappa shape index (κ2) is 6.39. The zero-order valence-corrected chi connectivity index (χ0v) is 12.2. The first-order valence-electron chi connectivity index (χ1n) is 6.99. The number of carbonyl (C=O) groups excluding carboxylic acids is 3. The summed E-state index contributed by atoms with van der Waals surface area (Å²) in [5, 5.41) is 5.36. The number of hydrogen-bond donors (Lipinski definition) is 2. The summed E-state index contributed by atoms with van der Waals surface area (Å²) in [5.41, 5.74) is 1.37. The second-order valence-electron chi connectivity index (χ2n) is 5.12. The number of hydrogen-bond acceptors (Lipinski definition) is 3. The Bertz CT molecular complexity index is 538. The van der Waals surface area contributed by atoms with E-state index in [-0.39, 0.29) is 37.0 Å². The molecule has 1 saturated heterocycles. The molecule has 0 aromatic heterocycles. The molecule has 1 aliphatic heterocycles. The Morgan fingerprint density at radius 2 is 2.00 bits per heavy atom. The molecular formula is C15H19N3O3. The standard InChI is InChI=1S/C15H19N3O3/c1-3-10(2)17-14(20)12-6-4-11(5-7-12)9-18-13(19)8-16-15(18)21/h4-7,10H,3,8-9H2,1-2H3,(H,16,21)(H,17,20). The number of carbonyl (C=O) groups is 3. The fourth-order valence-corrected chi connectivity index (χ4v) is 1.97. The van der Waals surface area contributed by atoms with Crippen LogP contribution in [0.1, 0.15) is 36.2 Å². The molecule has 1 unspecified atom stereocenters. The van der Waals surface area contributed by atoms with E-state index in [2.05, 4.69) is 10.6 Å². The quantitative estimate of drug-likeness (QED) is 0.801. The first-order chi connectivity index (χ1) is 10.0. The third kappa shape index (κ3) is 3.59. The highest BCUT2D eigenvalue weighted by atomic mass is 16.2. The van der Waals surface area contributed by atoms with E-state index < -0.39 is 0 Å². The van der Waals surface area contributed by atoms with Crippen molar-refractivity contribution in [3.8, 4) is 0 Å². The maximum atomic E-state index is 11.9. The highest BCUT2D eigenvalue weighted by Gasteiger charge is 2.28. The maximum absolute atomic E-state index is 11.9. The molecule has 1 atom stereocenters. The van der Waals surface area contributed by atoms with Crippen LogP contribution < -0.4 is 10.6 Å². The summed E-state index contributed by atoms with van der Waals surface area (Å²) >= 11 is 0. The van der Waals surface area contributed by atoms with Gasteiger partial charge in [-0.15, -0.1) is 0 Å². The Morgan fingerprint density at radius 1 is 1.33 bits per heavy atom. The maximum Gasteiger partial charge on any atom is 0.324 e. The fraction of sp³-hybridized carbons (Fsp3) is 0.400. The van der Waals surface area contributed by atoms with E-state index in [4.69, 9.17) is 0 Å². The summed E-state index contributed by atoms with van der Waals surface area (Å²) in [4.78, 5) is 36.0. The number of urea groups is 1. The van der Waals surface area contributed by atoms with Crippen LogP contribution in [0.5, 0.6) is 0 Å². The zero-order valence-electron chi connectivity index (χ0n) is 12.2. The summed E-state index contributed by atoms with van der Waals surface area (Å²) < 4.78 is 0. The van der Waals surface area contributed by atoms with Crippen LogP contribution in [0, 0.1) is 0 Å². The van der Waals surface area contributed by atoms with Gasteiger partial charge >= 0.3 is 6.03 Å². The number of imide groups is 1. The Labute approximate surface area is 123 Å². The minimum atomic E-state index is -0.376. The minimum Gasteiger partial charge on any atom is -0.350 e. The first kappa shape index (κ1) is 15.0. The average molecular weight is 289 g/mol. The van der Waals surface area contributed by atoms with Gasteiger partial charge in [-0.05, 0) is 31.0 Å². The van der Waals surface area contributed by atoms with Crippen LogP contribution in [0.25, 0.3) is 0 Å². The molecule has 0 radical (unpaired) electrons. The van der Waals surface area contributed by atoms with Crippen molar-refractivity contribution in [1.29, 1.82) is 0 Å². The molecule has 1 heterocycles. The molecule has 4 amide bonds. The SMILES string of the molecule is CCC(C)NC(=O)c1ccc(CN2C(=O)CNC2=O)cc1. The van der Waals surface area contributed by atoms with Crippen LogP contribution in [0.2, 0.25) is 0 Å². The summed E-state index contributed by atoms with van der Waals surface area (Å²) in [6, 6.07) is 6.66. The van der Waals surface area contributed by atoms with Crippen molar-refractivity contribution in [2.45, 2.75) is 32.9 Å². The molecule has 6 heteroatoms. The van der Waals surface area contributed by atoms with Crippen molar-refractivity contribution in [3.63, 3.8) is 0 Å². The number of nitrogens with one attached hydrogen (secondary N) is 2. The lowest BCUT2D eigenvalue weighted by molar-refractivity contribution is -0.125. The molecule has 0 saturated carbocycles. The Hall–Kier alpha value is -2.37. The fourth-order valence-electron chi connectivity index (χ4n) is 1.97. The molecule has 6 nitrogen and oxygen atoms in total. The van der Waals surface area contributed by atoms with E-state index in [1.54, 1.807) is 24.3 Å². The van der Waals surface area contributed by atoms with Gasteiger partial charge in [-0.1, -0.05) is 19.1 Å². The molecule has 2 rings (SSSR count). The third-order valence-electron chi connectivity index (χ3n) is 3.48. The number of nitrogens with zero attached hydrogens (tertiary/aromatic N) is 1. The van der Waals surface area contributed by atoms with Gasteiger partial charge in [0.2, 0.25) is 5.91 Å². The molecule has 0 spiro atoms. The second-order valence-corrected chi connectivity index (χ2v) is 5.12. The largest absolute Gasteiger partial charge is 0.350 e. The molecule has 2 N–H and O–H groups in total. The van der Waals surface area contributed by atoms with Crippen molar-refractivity contribution in [2.24, 2.45) is 0 Å². The van der Waals surface area contributed by atoms with Crippen LogP contribution >= 0.6 is 0 Å². The van der Waals surface area contributed by atoms with Crippen molar-refractivity contribution in [1.82, 2.24) is 15.5 Å². The van der Waals surface area contributed by atoms with Crippen LogP contribution in [0.4, 0.5) is 4.79 Å². The smallest absolute Gasteiger partial charge is 0.324 e. The Kier molecular flexibility index (Phi) is 4.57. The third-order valence-corrected chi connectivity index (χ3v) is 3.48. The van der Waals surface area contributed by atoms with Crippen molar-refractivity contribution >= 4 is 17.8 Å². The van der Waals surface area contributed by atoms with Gasteiger partial charge in [0.05, 0.1) is 13.1 Å². The molecule has 1 aromatic carbocycles. The Morgan fingerprint density at radius 3 is 2.52 bits per heavy atom. The van der Waals surface area contributed by atoms with Gasteiger partial charge < -0.3 is 10.6 Å². The molecule has 1 aliphatic rings. The summed E-state index contributed by atoms with van der Waals surface area (Å²) in [6.45, 7) is 4.22. The topological polar surface area (TPSA) is 78.5 Å². The minimum absolute atomic E-state index is 0.0498.